The molecule has 11 heavy (non-hydrogen) atoms. The van der Waals surface area contributed by atoms with Crippen molar-refractivity contribution in [2.45, 2.75) is 19.3 Å². The maximum absolute atomic E-state index is 5.36. The minimum atomic E-state index is 0. The molecular formula is C7H11N2OY-. The molecule has 3 nitrogen and oxygen atoms in total. The van der Waals surface area contributed by atoms with Crippen LogP contribution in [0.1, 0.15) is 25.0 Å². The van der Waals surface area contributed by atoms with E-state index in [0.717, 1.165) is 12.2 Å². The van der Waals surface area contributed by atoms with Gasteiger partial charge < -0.3 is 15.1 Å². The van der Waals surface area contributed by atoms with E-state index < -0.39 is 0 Å². The zero-order valence-electron chi connectivity index (χ0n) is 6.58. The second-order valence-corrected chi connectivity index (χ2v) is 2.31. The fraction of sp³-hybridized carbons (Fsp3) is 0.571. The zero-order valence-corrected chi connectivity index (χ0v) is 9.42. The molecule has 0 aliphatic carbocycles. The van der Waals surface area contributed by atoms with Gasteiger partial charge in [-0.25, -0.2) is 0 Å². The Morgan fingerprint density at radius 1 is 1.82 bits per heavy atom. The Hall–Kier alpha value is 0.274. The van der Waals surface area contributed by atoms with Gasteiger partial charge >= 0.3 is 0 Å². The number of oxazole rings is 1. The fourth-order valence-electron chi connectivity index (χ4n) is 0.807. The SMILES string of the molecule is CC(CCN)c1[c-]nco1.[Y]. The molecule has 0 bridgehead atoms. The van der Waals surface area contributed by atoms with Gasteiger partial charge in [-0.05, 0) is 18.9 Å². The van der Waals surface area contributed by atoms with Gasteiger partial charge in [0.15, 0.2) is 0 Å². The van der Waals surface area contributed by atoms with Crippen molar-refractivity contribution in [2.75, 3.05) is 6.54 Å². The quantitative estimate of drug-likeness (QED) is 0.782. The van der Waals surface area contributed by atoms with Crippen LogP contribution in [-0.2, 0) is 32.7 Å². The van der Waals surface area contributed by atoms with E-state index in [1.54, 1.807) is 0 Å². The van der Waals surface area contributed by atoms with Gasteiger partial charge in [-0.3, -0.25) is 0 Å². The van der Waals surface area contributed by atoms with Gasteiger partial charge in [-0.1, -0.05) is 6.92 Å². The smallest absolute Gasteiger partial charge is 0.0221 e. The average molecular weight is 228 g/mol. The number of nitrogens with two attached hydrogens (primary N) is 1. The van der Waals surface area contributed by atoms with Gasteiger partial charge in [0, 0.05) is 44.9 Å². The van der Waals surface area contributed by atoms with E-state index in [1.807, 2.05) is 6.92 Å². The Balaban J connectivity index is 0.000001000. The summed E-state index contributed by atoms with van der Waals surface area (Å²) in [5.74, 6) is 1.14. The number of hydrogen-bond donors (Lipinski definition) is 1. The van der Waals surface area contributed by atoms with Crippen LogP contribution in [0, 0.1) is 6.20 Å². The third-order valence-corrected chi connectivity index (χ3v) is 1.45. The van der Waals surface area contributed by atoms with E-state index in [2.05, 4.69) is 11.2 Å². The fourth-order valence-corrected chi connectivity index (χ4v) is 0.807. The van der Waals surface area contributed by atoms with Crippen LogP contribution >= 0.6 is 0 Å². The Labute approximate surface area is 91.6 Å². The van der Waals surface area contributed by atoms with Crippen molar-refractivity contribution in [3.05, 3.63) is 18.4 Å². The van der Waals surface area contributed by atoms with Crippen molar-refractivity contribution in [1.29, 1.82) is 0 Å². The first-order chi connectivity index (χ1) is 4.84. The van der Waals surface area contributed by atoms with E-state index in [4.69, 9.17) is 10.2 Å². The van der Waals surface area contributed by atoms with E-state index in [9.17, 15) is 0 Å². The largest absolute Gasteiger partial charge is 0.553 e. The maximum Gasteiger partial charge on any atom is 0.0221 e. The molecule has 1 aromatic rings. The summed E-state index contributed by atoms with van der Waals surface area (Å²) in [4.78, 5) is 3.69. The van der Waals surface area contributed by atoms with Crippen LogP contribution in [0.4, 0.5) is 0 Å². The molecule has 2 N–H and O–H groups in total. The third kappa shape index (κ3) is 3.45. The Bertz CT molecular complexity index is 177. The normalized spacial score (nSPS) is 12.2. The second kappa shape index (κ2) is 5.87. The second-order valence-electron chi connectivity index (χ2n) is 2.31. The van der Waals surface area contributed by atoms with Crippen molar-refractivity contribution in [2.24, 2.45) is 5.73 Å². The molecule has 0 saturated carbocycles. The van der Waals surface area contributed by atoms with Crippen molar-refractivity contribution in [3.8, 4) is 0 Å². The molecule has 0 aliphatic rings. The number of nitrogens with zero attached hydrogens (tertiary/aromatic N) is 1. The van der Waals surface area contributed by atoms with Crippen molar-refractivity contribution in [3.63, 3.8) is 0 Å². The molecule has 1 unspecified atom stereocenters. The molecule has 0 aliphatic heterocycles. The third-order valence-electron chi connectivity index (χ3n) is 1.45. The van der Waals surface area contributed by atoms with E-state index in [0.29, 0.717) is 12.5 Å². The minimum Gasteiger partial charge on any atom is -0.553 e. The Morgan fingerprint density at radius 3 is 3.00 bits per heavy atom. The first-order valence-electron chi connectivity index (χ1n) is 3.35. The van der Waals surface area contributed by atoms with Crippen molar-refractivity contribution in [1.82, 2.24) is 4.98 Å². The minimum absolute atomic E-state index is 0. The molecule has 1 aromatic heterocycles. The van der Waals surface area contributed by atoms with E-state index >= 15 is 0 Å². The average Bonchev–Trinajstić information content (AvgIpc) is 2.38. The van der Waals surface area contributed by atoms with Crippen LogP contribution in [0.15, 0.2) is 10.8 Å². The Kier molecular flexibility index (Phi) is 6.01. The van der Waals surface area contributed by atoms with E-state index in [-0.39, 0.29) is 32.7 Å². The molecule has 0 fully saturated rings. The monoisotopic (exact) mass is 228 g/mol. The molecule has 4 heteroatoms. The van der Waals surface area contributed by atoms with Gasteiger partial charge in [0.2, 0.25) is 0 Å². The van der Waals surface area contributed by atoms with Gasteiger partial charge in [0.05, 0.1) is 0 Å². The van der Waals surface area contributed by atoms with Gasteiger partial charge in [0.25, 0.3) is 0 Å². The van der Waals surface area contributed by atoms with Gasteiger partial charge in [-0.2, -0.15) is 0 Å². The van der Waals surface area contributed by atoms with Gasteiger partial charge in [0.1, 0.15) is 0 Å². The first kappa shape index (κ1) is 11.3. The molecule has 1 rings (SSSR count). The number of rotatable bonds is 3. The number of aromatic nitrogens is 1. The molecule has 0 saturated heterocycles. The molecule has 0 spiro atoms. The topological polar surface area (TPSA) is 52.0 Å². The Morgan fingerprint density at radius 2 is 2.55 bits per heavy atom. The van der Waals surface area contributed by atoms with Crippen LogP contribution in [0.2, 0.25) is 0 Å². The molecule has 1 radical (unpaired) electrons. The maximum atomic E-state index is 5.36. The summed E-state index contributed by atoms with van der Waals surface area (Å²) in [5.41, 5.74) is 5.36. The van der Waals surface area contributed by atoms with Crippen molar-refractivity contribution >= 4 is 0 Å². The standard InChI is InChI=1S/C7H11N2O.Y/c1-6(2-3-8)7-4-9-5-10-7;/h5-6H,2-3,8H2,1H3;/q-1;. The van der Waals surface area contributed by atoms with Crippen LogP contribution in [0.5, 0.6) is 0 Å². The summed E-state index contributed by atoms with van der Waals surface area (Å²) in [7, 11) is 0. The molecule has 0 aromatic carbocycles. The van der Waals surface area contributed by atoms with Crippen molar-refractivity contribution < 1.29 is 37.1 Å². The molecule has 0 amide bonds. The summed E-state index contributed by atoms with van der Waals surface area (Å²) in [6.07, 6.45) is 5.06. The molecule has 1 atom stereocenters. The predicted molar refractivity (Wildman–Crippen MR) is 37.4 cm³/mol. The predicted octanol–water partition coefficient (Wildman–Crippen LogP) is 0.925. The summed E-state index contributed by atoms with van der Waals surface area (Å²) in [6, 6.07) is 0. The van der Waals surface area contributed by atoms with Crippen LogP contribution < -0.4 is 5.73 Å². The van der Waals surface area contributed by atoms with Crippen LogP contribution in [0.3, 0.4) is 0 Å². The summed E-state index contributed by atoms with van der Waals surface area (Å²) in [5, 5.41) is 0. The van der Waals surface area contributed by atoms with Crippen LogP contribution in [0.25, 0.3) is 0 Å². The summed E-state index contributed by atoms with van der Waals surface area (Å²) >= 11 is 0. The molecule has 1 heterocycles. The van der Waals surface area contributed by atoms with E-state index in [1.165, 1.54) is 6.39 Å². The summed E-state index contributed by atoms with van der Waals surface area (Å²) < 4.78 is 5.03. The zero-order chi connectivity index (χ0) is 7.40. The number of hydrogen-bond acceptors (Lipinski definition) is 3. The van der Waals surface area contributed by atoms with Crippen LogP contribution in [-0.4, -0.2) is 11.5 Å². The molecule has 59 valence electrons. The molecular weight excluding hydrogens is 217 g/mol. The first-order valence-corrected chi connectivity index (χ1v) is 3.35. The van der Waals surface area contributed by atoms with Gasteiger partial charge in [-0.15, -0.1) is 6.20 Å². The summed E-state index contributed by atoms with van der Waals surface area (Å²) in [6.45, 7) is 2.72.